The Hall–Kier alpha value is -1.50. The number of nitrogens with one attached hydrogen (secondary N) is 1. The Morgan fingerprint density at radius 1 is 1.23 bits per heavy atom. The topological polar surface area (TPSA) is 68.5 Å². The number of carbonyl (C=O) groups is 2. The fraction of sp³-hybridized carbons (Fsp3) is 0.143. The lowest BCUT2D eigenvalue weighted by Gasteiger charge is -2.13. The van der Waals surface area contributed by atoms with Crippen molar-refractivity contribution >= 4 is 56.7 Å². The Kier molecular flexibility index (Phi) is 5.50. The minimum Gasteiger partial charge on any atom is -0.447 e. The summed E-state index contributed by atoms with van der Waals surface area (Å²) in [7, 11) is 0. The van der Waals surface area contributed by atoms with Gasteiger partial charge in [0.25, 0.3) is 5.91 Å². The molecular formula is C14H10BrCl2NO4. The van der Waals surface area contributed by atoms with Gasteiger partial charge in [-0.2, -0.15) is 0 Å². The summed E-state index contributed by atoms with van der Waals surface area (Å²) in [5.74, 6) is -1.26. The summed E-state index contributed by atoms with van der Waals surface area (Å²) in [5.41, 5.74) is 0.408. The molecule has 0 spiro atoms. The first-order chi connectivity index (χ1) is 10.3. The molecule has 1 heterocycles. The fourth-order valence-corrected chi connectivity index (χ4v) is 2.40. The first-order valence-electron chi connectivity index (χ1n) is 6.08. The van der Waals surface area contributed by atoms with E-state index in [0.29, 0.717) is 20.4 Å². The molecule has 8 heteroatoms. The van der Waals surface area contributed by atoms with Crippen LogP contribution in [-0.4, -0.2) is 18.0 Å². The van der Waals surface area contributed by atoms with Crippen molar-refractivity contribution in [3.63, 3.8) is 0 Å². The summed E-state index contributed by atoms with van der Waals surface area (Å²) >= 11 is 14.8. The second-order valence-corrected chi connectivity index (χ2v) is 5.95. The van der Waals surface area contributed by atoms with Gasteiger partial charge in [0.2, 0.25) is 5.76 Å². The maximum absolute atomic E-state index is 12.0. The number of esters is 1. The van der Waals surface area contributed by atoms with Gasteiger partial charge in [0.15, 0.2) is 10.8 Å². The quantitative estimate of drug-likeness (QED) is 0.757. The molecule has 5 nitrogen and oxygen atoms in total. The molecule has 0 saturated heterocycles. The standard InChI is InChI=1S/C14H10BrCl2NO4/c1-7(21-14(20)11-2-3-12(15)22-11)13(19)18-10-5-8(16)4-9(17)6-10/h2-7H,1H3,(H,18,19)/t7-/m1/s1. The Labute approximate surface area is 144 Å². The summed E-state index contributed by atoms with van der Waals surface area (Å²) < 4.78 is 10.5. The van der Waals surface area contributed by atoms with Crippen LogP contribution < -0.4 is 5.32 Å². The number of amides is 1. The van der Waals surface area contributed by atoms with Crippen LogP contribution in [0.1, 0.15) is 17.5 Å². The van der Waals surface area contributed by atoms with Gasteiger partial charge in [-0.15, -0.1) is 0 Å². The molecule has 0 fully saturated rings. The van der Waals surface area contributed by atoms with Crippen LogP contribution in [0.15, 0.2) is 39.4 Å². The second kappa shape index (κ2) is 7.17. The fourth-order valence-electron chi connectivity index (χ4n) is 1.57. The third-order valence-electron chi connectivity index (χ3n) is 2.56. The molecule has 1 N–H and O–H groups in total. The van der Waals surface area contributed by atoms with Gasteiger partial charge in [0.1, 0.15) is 0 Å². The highest BCUT2D eigenvalue weighted by atomic mass is 79.9. The Morgan fingerprint density at radius 2 is 1.86 bits per heavy atom. The van der Waals surface area contributed by atoms with E-state index < -0.39 is 18.0 Å². The van der Waals surface area contributed by atoms with Crippen LogP contribution in [0.2, 0.25) is 10.0 Å². The average Bonchev–Trinajstić information content (AvgIpc) is 2.84. The first-order valence-corrected chi connectivity index (χ1v) is 7.63. The van der Waals surface area contributed by atoms with Crippen LogP contribution >= 0.6 is 39.1 Å². The predicted molar refractivity (Wildman–Crippen MR) is 86.4 cm³/mol. The predicted octanol–water partition coefficient (Wildman–Crippen LogP) is 4.53. The van der Waals surface area contributed by atoms with Crippen molar-refractivity contribution in [2.24, 2.45) is 0 Å². The molecule has 1 aromatic heterocycles. The van der Waals surface area contributed by atoms with Gasteiger partial charge in [-0.25, -0.2) is 4.79 Å². The van der Waals surface area contributed by atoms with Gasteiger partial charge < -0.3 is 14.5 Å². The molecule has 0 aliphatic rings. The lowest BCUT2D eigenvalue weighted by Crippen LogP contribution is -2.29. The molecule has 0 aliphatic carbocycles. The maximum Gasteiger partial charge on any atom is 0.375 e. The van der Waals surface area contributed by atoms with Gasteiger partial charge in [-0.3, -0.25) is 4.79 Å². The Balaban J connectivity index is 1.98. The number of furan rings is 1. The number of carbonyl (C=O) groups excluding carboxylic acids is 2. The molecule has 0 aliphatic heterocycles. The van der Waals surface area contributed by atoms with Crippen molar-refractivity contribution in [2.75, 3.05) is 5.32 Å². The number of hydrogen-bond donors (Lipinski definition) is 1. The average molecular weight is 407 g/mol. The zero-order valence-electron chi connectivity index (χ0n) is 11.2. The largest absolute Gasteiger partial charge is 0.447 e. The number of anilines is 1. The lowest BCUT2D eigenvalue weighted by molar-refractivity contribution is -0.123. The van der Waals surface area contributed by atoms with E-state index in [2.05, 4.69) is 21.2 Å². The molecule has 0 bridgehead atoms. The highest BCUT2D eigenvalue weighted by molar-refractivity contribution is 9.10. The molecule has 2 rings (SSSR count). The summed E-state index contributed by atoms with van der Waals surface area (Å²) in [5, 5.41) is 3.33. The molecule has 116 valence electrons. The van der Waals surface area contributed by atoms with Crippen LogP contribution in [0.3, 0.4) is 0 Å². The van der Waals surface area contributed by atoms with Crippen LogP contribution in [0.25, 0.3) is 0 Å². The number of halogens is 3. The molecule has 1 amide bonds. The van der Waals surface area contributed by atoms with Crippen LogP contribution in [0, 0.1) is 0 Å². The van der Waals surface area contributed by atoms with E-state index in [0.717, 1.165) is 0 Å². The van der Waals surface area contributed by atoms with Crippen molar-refractivity contribution in [1.29, 1.82) is 0 Å². The van der Waals surface area contributed by atoms with Crippen molar-refractivity contribution in [2.45, 2.75) is 13.0 Å². The number of ether oxygens (including phenoxy) is 1. The monoisotopic (exact) mass is 405 g/mol. The van der Waals surface area contributed by atoms with Crippen molar-refractivity contribution in [3.05, 3.63) is 50.8 Å². The molecule has 0 saturated carbocycles. The second-order valence-electron chi connectivity index (χ2n) is 4.30. The minimum absolute atomic E-state index is 0.00248. The lowest BCUT2D eigenvalue weighted by atomic mass is 10.3. The van der Waals surface area contributed by atoms with E-state index in [1.165, 1.54) is 31.2 Å². The van der Waals surface area contributed by atoms with E-state index in [1.807, 2.05) is 0 Å². The molecular weight excluding hydrogens is 397 g/mol. The Morgan fingerprint density at radius 3 is 2.41 bits per heavy atom. The smallest absolute Gasteiger partial charge is 0.375 e. The summed E-state index contributed by atoms with van der Waals surface area (Å²) in [6.07, 6.45) is -1.02. The van der Waals surface area contributed by atoms with E-state index in [9.17, 15) is 9.59 Å². The summed E-state index contributed by atoms with van der Waals surface area (Å²) in [6, 6.07) is 7.59. The summed E-state index contributed by atoms with van der Waals surface area (Å²) in [6.45, 7) is 1.44. The molecule has 0 unspecified atom stereocenters. The molecule has 1 atom stereocenters. The van der Waals surface area contributed by atoms with Crippen molar-refractivity contribution in [3.8, 4) is 0 Å². The zero-order valence-corrected chi connectivity index (χ0v) is 14.3. The number of hydrogen-bond acceptors (Lipinski definition) is 4. The maximum atomic E-state index is 12.0. The van der Waals surface area contributed by atoms with Gasteiger partial charge in [0, 0.05) is 15.7 Å². The highest BCUT2D eigenvalue weighted by Gasteiger charge is 2.21. The van der Waals surface area contributed by atoms with Crippen molar-refractivity contribution in [1.82, 2.24) is 0 Å². The zero-order chi connectivity index (χ0) is 16.3. The van der Waals surface area contributed by atoms with Crippen LogP contribution in [0.4, 0.5) is 5.69 Å². The van der Waals surface area contributed by atoms with Crippen LogP contribution in [-0.2, 0) is 9.53 Å². The van der Waals surface area contributed by atoms with Gasteiger partial charge in [0.05, 0.1) is 0 Å². The number of benzene rings is 1. The van der Waals surface area contributed by atoms with E-state index in [1.54, 1.807) is 6.07 Å². The Bertz CT molecular complexity index is 696. The molecule has 2 aromatic rings. The first kappa shape index (κ1) is 16.9. The summed E-state index contributed by atoms with van der Waals surface area (Å²) in [4.78, 5) is 23.8. The molecule has 1 aromatic carbocycles. The normalized spacial score (nSPS) is 11.8. The van der Waals surface area contributed by atoms with E-state index in [4.69, 9.17) is 32.4 Å². The van der Waals surface area contributed by atoms with E-state index >= 15 is 0 Å². The third-order valence-corrected chi connectivity index (χ3v) is 3.42. The SMILES string of the molecule is C[C@@H](OC(=O)c1ccc(Br)o1)C(=O)Nc1cc(Cl)cc(Cl)c1. The van der Waals surface area contributed by atoms with Gasteiger partial charge in [-0.05, 0) is 53.2 Å². The highest BCUT2D eigenvalue weighted by Crippen LogP contribution is 2.22. The molecule has 0 radical (unpaired) electrons. The van der Waals surface area contributed by atoms with Crippen molar-refractivity contribution < 1.29 is 18.7 Å². The van der Waals surface area contributed by atoms with Gasteiger partial charge in [-0.1, -0.05) is 23.2 Å². The van der Waals surface area contributed by atoms with Crippen LogP contribution in [0.5, 0.6) is 0 Å². The third kappa shape index (κ3) is 4.50. The molecule has 22 heavy (non-hydrogen) atoms. The van der Waals surface area contributed by atoms with Gasteiger partial charge >= 0.3 is 5.97 Å². The minimum atomic E-state index is -1.02. The number of rotatable bonds is 4. The van der Waals surface area contributed by atoms with E-state index in [-0.39, 0.29) is 5.76 Å².